The predicted octanol–water partition coefficient (Wildman–Crippen LogP) is 3.09. The van der Waals surface area contributed by atoms with Crippen LogP contribution in [0.5, 0.6) is 5.75 Å². The molecule has 4 rings (SSSR count). The molecule has 0 spiro atoms. The van der Waals surface area contributed by atoms with E-state index in [2.05, 4.69) is 10.4 Å². The third-order valence-electron chi connectivity index (χ3n) is 4.96. The molecule has 0 saturated heterocycles. The molecule has 2 aromatic carbocycles. The molecule has 1 N–H and O–H groups in total. The topological polar surface area (TPSA) is 91.3 Å². The van der Waals surface area contributed by atoms with Gasteiger partial charge in [-0.05, 0) is 48.5 Å². The first-order valence-electron chi connectivity index (χ1n) is 9.80. The second-order valence-corrected chi connectivity index (χ2v) is 9.14. The summed E-state index contributed by atoms with van der Waals surface area (Å²) >= 11 is 0. The van der Waals surface area contributed by atoms with Crippen LogP contribution in [0.15, 0.2) is 64.6 Å². The molecule has 12 heteroatoms. The van der Waals surface area contributed by atoms with Gasteiger partial charge in [-0.2, -0.15) is 18.3 Å². The first-order chi connectivity index (χ1) is 15.6. The molecule has 0 aliphatic carbocycles. The minimum absolute atomic E-state index is 0.00705. The van der Waals surface area contributed by atoms with Crippen LogP contribution in [0.3, 0.4) is 0 Å². The molecule has 1 amide bonds. The largest absolute Gasteiger partial charge is 0.490 e. The number of likely N-dealkylation sites (N-methyl/N-ethyl adjacent to an activating group) is 1. The van der Waals surface area contributed by atoms with Crippen molar-refractivity contribution in [3.8, 4) is 5.75 Å². The van der Waals surface area contributed by atoms with Crippen LogP contribution in [0.25, 0.3) is 0 Å². The lowest BCUT2D eigenvalue weighted by molar-refractivity contribution is -0.137. The van der Waals surface area contributed by atoms with Gasteiger partial charge in [0.15, 0.2) is 0 Å². The lowest BCUT2D eigenvalue weighted by Crippen LogP contribution is -2.32. The Balaban J connectivity index is 1.64. The van der Waals surface area contributed by atoms with Gasteiger partial charge < -0.3 is 10.1 Å². The van der Waals surface area contributed by atoms with E-state index in [1.807, 2.05) is 0 Å². The monoisotopic (exact) mass is 480 g/mol. The fraction of sp³-hybridized carbons (Fsp3) is 0.238. The maximum absolute atomic E-state index is 13.4. The minimum atomic E-state index is -4.54. The van der Waals surface area contributed by atoms with Crippen LogP contribution in [0, 0.1) is 0 Å². The van der Waals surface area contributed by atoms with Crippen molar-refractivity contribution in [2.45, 2.75) is 11.1 Å². The van der Waals surface area contributed by atoms with Gasteiger partial charge in [-0.25, -0.2) is 8.42 Å². The minimum Gasteiger partial charge on any atom is -0.490 e. The number of carbonyl (C=O) groups is 1. The number of rotatable bonds is 3. The van der Waals surface area contributed by atoms with Crippen molar-refractivity contribution in [2.75, 3.05) is 36.4 Å². The Bertz CT molecular complexity index is 1240. The van der Waals surface area contributed by atoms with Gasteiger partial charge in [0.25, 0.3) is 15.9 Å². The summed E-state index contributed by atoms with van der Waals surface area (Å²) in [5.74, 6) is -0.443. The number of carbonyl (C=O) groups excluding carboxylic acids is 1. The molecule has 0 aromatic heterocycles. The average molecular weight is 480 g/mol. The van der Waals surface area contributed by atoms with Gasteiger partial charge in [-0.3, -0.25) is 14.1 Å². The highest BCUT2D eigenvalue weighted by molar-refractivity contribution is 7.93. The van der Waals surface area contributed by atoms with E-state index in [1.54, 1.807) is 24.2 Å². The van der Waals surface area contributed by atoms with Crippen LogP contribution in [-0.2, 0) is 21.0 Å². The molecule has 2 heterocycles. The summed E-state index contributed by atoms with van der Waals surface area (Å²) in [6.45, 7) is 0.454. The predicted molar refractivity (Wildman–Crippen MR) is 116 cm³/mol. The highest BCUT2D eigenvalue weighted by Crippen LogP contribution is 2.36. The molecule has 0 unspecified atom stereocenters. The summed E-state index contributed by atoms with van der Waals surface area (Å²) < 4.78 is 71.9. The normalized spacial score (nSPS) is 17.5. The Morgan fingerprint density at radius 2 is 1.88 bits per heavy atom. The number of nitrogens with one attached hydrogen (secondary N) is 1. The van der Waals surface area contributed by atoms with Crippen molar-refractivity contribution in [3.05, 3.63) is 60.2 Å². The summed E-state index contributed by atoms with van der Waals surface area (Å²) in [7, 11) is -2.48. The lowest BCUT2D eigenvalue weighted by atomic mass is 10.2. The molecule has 0 bridgehead atoms. The molecule has 0 saturated carbocycles. The number of halogens is 3. The maximum Gasteiger partial charge on any atom is 0.416 e. The van der Waals surface area contributed by atoms with Gasteiger partial charge in [-0.15, -0.1) is 0 Å². The van der Waals surface area contributed by atoms with Crippen LogP contribution in [0.1, 0.15) is 5.56 Å². The smallest absolute Gasteiger partial charge is 0.416 e. The fourth-order valence-corrected chi connectivity index (χ4v) is 4.97. The molecule has 0 atom stereocenters. The number of anilines is 2. The second-order valence-electron chi connectivity index (χ2n) is 7.31. The van der Waals surface area contributed by atoms with Gasteiger partial charge in [0.2, 0.25) is 0 Å². The highest BCUT2D eigenvalue weighted by Gasteiger charge is 2.34. The number of fused-ring (bicyclic) bond motifs is 1. The Kier molecular flexibility index (Phi) is 5.78. The van der Waals surface area contributed by atoms with Crippen molar-refractivity contribution < 1.29 is 31.1 Å². The Morgan fingerprint density at radius 1 is 1.15 bits per heavy atom. The summed E-state index contributed by atoms with van der Waals surface area (Å²) in [4.78, 5) is 12.3. The van der Waals surface area contributed by atoms with Gasteiger partial charge >= 0.3 is 6.18 Å². The second kappa shape index (κ2) is 8.43. The number of ether oxygens (including phenoxy) is 1. The van der Waals surface area contributed by atoms with Gasteiger partial charge in [0.1, 0.15) is 23.0 Å². The van der Waals surface area contributed by atoms with E-state index in [-0.39, 0.29) is 40.9 Å². The first-order valence-corrected chi connectivity index (χ1v) is 11.2. The molecule has 2 aliphatic rings. The van der Waals surface area contributed by atoms with Crippen LogP contribution < -0.4 is 14.4 Å². The van der Waals surface area contributed by atoms with E-state index >= 15 is 0 Å². The van der Waals surface area contributed by atoms with Crippen LogP contribution >= 0.6 is 0 Å². The standard InChI is InChI=1S/C21H19F3N4O4S/c1-27-10-2-3-17(26-27)20(29)25-15-6-9-18-19(13-15)33(30,31)28(11-12-32-18)16-7-4-14(5-8-16)21(22,23)24/h2-9,13H,10-12H2,1H3,(H,25,29). The van der Waals surface area contributed by atoms with Crippen LogP contribution in [0.4, 0.5) is 24.5 Å². The van der Waals surface area contributed by atoms with E-state index in [9.17, 15) is 26.4 Å². The van der Waals surface area contributed by atoms with Gasteiger partial charge in [0.05, 0.1) is 24.3 Å². The van der Waals surface area contributed by atoms with Crippen molar-refractivity contribution in [2.24, 2.45) is 5.10 Å². The van der Waals surface area contributed by atoms with Crippen LogP contribution in [0.2, 0.25) is 0 Å². The van der Waals surface area contributed by atoms with E-state index in [4.69, 9.17) is 4.74 Å². The zero-order chi connectivity index (χ0) is 23.8. The molecule has 2 aromatic rings. The number of hydrazone groups is 1. The zero-order valence-corrected chi connectivity index (χ0v) is 18.2. The van der Waals surface area contributed by atoms with Crippen molar-refractivity contribution in [3.63, 3.8) is 0 Å². The lowest BCUT2D eigenvalue weighted by Gasteiger charge is -2.22. The van der Waals surface area contributed by atoms with E-state index in [1.165, 1.54) is 18.2 Å². The van der Waals surface area contributed by atoms with Gasteiger partial charge in [0, 0.05) is 12.7 Å². The van der Waals surface area contributed by atoms with Gasteiger partial charge in [-0.1, -0.05) is 6.08 Å². The summed E-state index contributed by atoms with van der Waals surface area (Å²) in [5, 5.41) is 8.29. The van der Waals surface area contributed by atoms with E-state index in [0.717, 1.165) is 28.6 Å². The third kappa shape index (κ3) is 4.65. The van der Waals surface area contributed by atoms with E-state index in [0.29, 0.717) is 6.54 Å². The molecule has 33 heavy (non-hydrogen) atoms. The Morgan fingerprint density at radius 3 is 2.55 bits per heavy atom. The van der Waals surface area contributed by atoms with E-state index < -0.39 is 27.7 Å². The number of hydrogen-bond donors (Lipinski definition) is 1. The summed E-state index contributed by atoms with van der Waals surface area (Å²) in [6.07, 6.45) is -1.21. The molecule has 0 fully saturated rings. The molecule has 0 radical (unpaired) electrons. The average Bonchev–Trinajstić information content (AvgIpc) is 2.89. The van der Waals surface area contributed by atoms with Crippen molar-refractivity contribution in [1.82, 2.24) is 5.01 Å². The maximum atomic E-state index is 13.4. The molecule has 174 valence electrons. The number of alkyl halides is 3. The molecular formula is C21H19F3N4O4S. The first kappa shape index (κ1) is 22.6. The number of benzene rings is 2. The summed E-state index contributed by atoms with van der Waals surface area (Å²) in [5.41, 5.74) is -0.460. The quantitative estimate of drug-likeness (QED) is 0.729. The van der Waals surface area contributed by atoms with Crippen molar-refractivity contribution >= 4 is 33.0 Å². The fourth-order valence-electron chi connectivity index (χ4n) is 3.36. The van der Waals surface area contributed by atoms with Crippen LogP contribution in [-0.4, -0.2) is 51.8 Å². The summed E-state index contributed by atoms with van der Waals surface area (Å²) in [6, 6.07) is 8.01. The third-order valence-corrected chi connectivity index (χ3v) is 6.81. The Labute approximate surface area is 188 Å². The number of hydrogen-bond acceptors (Lipinski definition) is 6. The molecular weight excluding hydrogens is 461 g/mol. The van der Waals surface area contributed by atoms with Crippen molar-refractivity contribution in [1.29, 1.82) is 0 Å². The number of amides is 1. The number of sulfonamides is 1. The highest BCUT2D eigenvalue weighted by atomic mass is 32.2. The molecule has 2 aliphatic heterocycles. The molecule has 8 nitrogen and oxygen atoms in total. The SMILES string of the molecule is CN1CC=CC(C(=O)Nc2ccc3c(c2)S(=O)(=O)N(c2ccc(C(F)(F)F)cc2)CCO3)=N1. The number of nitrogens with zero attached hydrogens (tertiary/aromatic N) is 3. The zero-order valence-electron chi connectivity index (χ0n) is 17.3. The Hall–Kier alpha value is -3.54.